The van der Waals surface area contributed by atoms with Gasteiger partial charge in [-0.2, -0.15) is 15.2 Å². The Morgan fingerprint density at radius 3 is 2.58 bits per heavy atom. The Morgan fingerprint density at radius 2 is 1.85 bits per heavy atom. The number of nitrogens with one attached hydrogen (secondary N) is 2. The molecule has 0 aliphatic carbocycles. The zero-order chi connectivity index (χ0) is 28.1. The second kappa shape index (κ2) is 11.7. The Balaban J connectivity index is 1.17. The van der Waals surface area contributed by atoms with Crippen LogP contribution in [-0.4, -0.2) is 39.9 Å². The Morgan fingerprint density at radius 1 is 1.10 bits per heavy atom. The standard InChI is InChI=1S/C29H26N8O2S/c1-37(2)22-9-7-20(8-10-22)24-12-11-23(40-24)13-21(14-30)27(38)32-15-18-3-5-19(6-4-18)16-39-28-25-26(34-17-33-25)35-29(31)36-28/h3-13,17H,15-16H2,1-2H3,(H,32,38)(H3,31,33,34,35,36)/b21-13+. The molecule has 1 amide bonds. The van der Waals surface area contributed by atoms with Crippen molar-refractivity contribution >= 4 is 46.1 Å². The van der Waals surface area contributed by atoms with Gasteiger partial charge in [-0.05, 0) is 47.0 Å². The molecule has 2 aromatic carbocycles. The number of nitrogens with zero attached hydrogens (tertiary/aromatic N) is 5. The maximum atomic E-state index is 12.7. The predicted molar refractivity (Wildman–Crippen MR) is 156 cm³/mol. The van der Waals surface area contributed by atoms with Crippen molar-refractivity contribution in [1.29, 1.82) is 5.26 Å². The summed E-state index contributed by atoms with van der Waals surface area (Å²) in [6.07, 6.45) is 3.12. The van der Waals surface area contributed by atoms with Crippen molar-refractivity contribution in [2.24, 2.45) is 0 Å². The molecule has 0 saturated heterocycles. The second-order valence-electron chi connectivity index (χ2n) is 9.09. The molecule has 3 aromatic heterocycles. The third kappa shape index (κ3) is 6.09. The molecule has 4 N–H and O–H groups in total. The highest BCUT2D eigenvalue weighted by Crippen LogP contribution is 2.30. The number of aromatic amines is 1. The lowest BCUT2D eigenvalue weighted by molar-refractivity contribution is -0.117. The third-order valence-electron chi connectivity index (χ3n) is 6.07. The van der Waals surface area contributed by atoms with Crippen LogP contribution in [0.4, 0.5) is 11.6 Å². The van der Waals surface area contributed by atoms with Crippen LogP contribution in [0.5, 0.6) is 5.88 Å². The van der Waals surface area contributed by atoms with Crippen molar-refractivity contribution in [2.45, 2.75) is 13.2 Å². The Hall–Kier alpha value is -5.21. The highest BCUT2D eigenvalue weighted by molar-refractivity contribution is 7.16. The van der Waals surface area contributed by atoms with E-state index in [9.17, 15) is 10.1 Å². The van der Waals surface area contributed by atoms with E-state index in [0.717, 1.165) is 32.1 Å². The second-order valence-corrected chi connectivity index (χ2v) is 10.2. The number of nitriles is 1. The number of thiophene rings is 1. The first kappa shape index (κ1) is 26.4. The van der Waals surface area contributed by atoms with Crippen molar-refractivity contribution in [3.63, 3.8) is 0 Å². The van der Waals surface area contributed by atoms with Crippen molar-refractivity contribution in [1.82, 2.24) is 25.3 Å². The molecular weight excluding hydrogens is 524 g/mol. The molecule has 11 heteroatoms. The number of carbonyl (C=O) groups is 1. The topological polar surface area (TPSA) is 146 Å². The summed E-state index contributed by atoms with van der Waals surface area (Å²) in [7, 11) is 4.00. The van der Waals surface area contributed by atoms with E-state index in [2.05, 4.69) is 49.5 Å². The van der Waals surface area contributed by atoms with Gasteiger partial charge in [0.2, 0.25) is 11.8 Å². The normalized spacial score (nSPS) is 11.3. The van der Waals surface area contributed by atoms with E-state index in [1.807, 2.05) is 61.5 Å². The molecule has 0 saturated carbocycles. The van der Waals surface area contributed by atoms with Crippen molar-refractivity contribution < 1.29 is 9.53 Å². The smallest absolute Gasteiger partial charge is 0.262 e. The molecule has 0 atom stereocenters. The lowest BCUT2D eigenvalue weighted by Crippen LogP contribution is -2.23. The van der Waals surface area contributed by atoms with E-state index in [4.69, 9.17) is 10.5 Å². The summed E-state index contributed by atoms with van der Waals surface area (Å²) in [5, 5.41) is 12.4. The van der Waals surface area contributed by atoms with Gasteiger partial charge in [0.05, 0.1) is 6.33 Å². The highest BCUT2D eigenvalue weighted by Gasteiger charge is 2.12. The molecule has 5 aromatic rings. The molecule has 40 heavy (non-hydrogen) atoms. The van der Waals surface area contributed by atoms with E-state index in [1.54, 1.807) is 6.08 Å². The summed E-state index contributed by atoms with van der Waals surface area (Å²) >= 11 is 1.53. The zero-order valence-corrected chi connectivity index (χ0v) is 22.7. The molecule has 0 spiro atoms. The molecule has 5 rings (SSSR count). The number of ether oxygens (including phenoxy) is 1. The molecule has 0 aliphatic rings. The number of carbonyl (C=O) groups excluding carboxylic acids is 1. The average molecular weight is 551 g/mol. The van der Waals surface area contributed by atoms with Gasteiger partial charge in [-0.3, -0.25) is 4.79 Å². The first-order chi connectivity index (χ1) is 19.4. The number of hydrogen-bond acceptors (Lipinski definition) is 9. The Bertz CT molecular complexity index is 1710. The number of amides is 1. The van der Waals surface area contributed by atoms with Crippen LogP contribution in [0, 0.1) is 11.3 Å². The van der Waals surface area contributed by atoms with Crippen LogP contribution in [0.3, 0.4) is 0 Å². The number of hydrogen-bond donors (Lipinski definition) is 3. The number of anilines is 2. The average Bonchev–Trinajstić information content (AvgIpc) is 3.64. The minimum Gasteiger partial charge on any atom is -0.471 e. The Kier molecular flexibility index (Phi) is 7.70. The number of nitrogens with two attached hydrogens (primary N) is 1. The molecular formula is C29H26N8O2S. The number of rotatable bonds is 9. The minimum atomic E-state index is -0.426. The predicted octanol–water partition coefficient (Wildman–Crippen LogP) is 4.53. The third-order valence-corrected chi connectivity index (χ3v) is 7.15. The summed E-state index contributed by atoms with van der Waals surface area (Å²) in [6, 6.07) is 21.8. The molecule has 0 bridgehead atoms. The van der Waals surface area contributed by atoms with E-state index in [0.29, 0.717) is 17.0 Å². The van der Waals surface area contributed by atoms with E-state index >= 15 is 0 Å². The van der Waals surface area contributed by atoms with E-state index in [1.165, 1.54) is 17.7 Å². The SMILES string of the molecule is CN(C)c1ccc(-c2ccc(/C=C(\C#N)C(=O)NCc3ccc(COc4nc(N)nc5nc[nH]c45)cc3)s2)cc1. The van der Waals surface area contributed by atoms with Crippen molar-refractivity contribution in [2.75, 3.05) is 24.7 Å². The minimum absolute atomic E-state index is 0.0515. The number of H-pyrrole nitrogens is 1. The number of aromatic nitrogens is 4. The van der Waals surface area contributed by atoms with Crippen LogP contribution in [-0.2, 0) is 17.9 Å². The summed E-state index contributed by atoms with van der Waals surface area (Å²) < 4.78 is 5.81. The monoisotopic (exact) mass is 550 g/mol. The summed E-state index contributed by atoms with van der Waals surface area (Å²) in [4.78, 5) is 31.9. The number of benzene rings is 2. The van der Waals surface area contributed by atoms with Gasteiger partial charge in [0.1, 0.15) is 23.8 Å². The van der Waals surface area contributed by atoms with Gasteiger partial charge in [-0.25, -0.2) is 4.98 Å². The number of fused-ring (bicyclic) bond motifs is 1. The van der Waals surface area contributed by atoms with E-state index < -0.39 is 5.91 Å². The zero-order valence-electron chi connectivity index (χ0n) is 21.9. The largest absolute Gasteiger partial charge is 0.471 e. The molecule has 0 fully saturated rings. The highest BCUT2D eigenvalue weighted by atomic mass is 32.1. The van der Waals surface area contributed by atoms with Crippen LogP contribution in [0.1, 0.15) is 16.0 Å². The fraction of sp³-hybridized carbons (Fsp3) is 0.138. The van der Waals surface area contributed by atoms with Crippen molar-refractivity contribution in [3.05, 3.63) is 88.6 Å². The molecule has 0 aliphatic heterocycles. The summed E-state index contributed by atoms with van der Waals surface area (Å²) in [5.74, 6) is -0.0155. The summed E-state index contributed by atoms with van der Waals surface area (Å²) in [6.45, 7) is 0.547. The van der Waals surface area contributed by atoms with Gasteiger partial charge in [-0.15, -0.1) is 11.3 Å². The number of imidazole rings is 1. The van der Waals surface area contributed by atoms with Gasteiger partial charge in [0, 0.05) is 36.1 Å². The van der Waals surface area contributed by atoms with Crippen LogP contribution < -0.4 is 20.7 Å². The fourth-order valence-electron chi connectivity index (χ4n) is 3.91. The maximum Gasteiger partial charge on any atom is 0.262 e. The van der Waals surface area contributed by atoms with Gasteiger partial charge in [0.15, 0.2) is 5.65 Å². The van der Waals surface area contributed by atoms with Gasteiger partial charge >= 0.3 is 0 Å². The first-order valence-corrected chi connectivity index (χ1v) is 13.2. The lowest BCUT2D eigenvalue weighted by Gasteiger charge is -2.12. The number of nitrogen functional groups attached to an aromatic ring is 1. The van der Waals surface area contributed by atoms with Crippen LogP contribution in [0.15, 0.2) is 72.6 Å². The molecule has 0 radical (unpaired) electrons. The van der Waals surface area contributed by atoms with Crippen LogP contribution in [0.25, 0.3) is 27.7 Å². The van der Waals surface area contributed by atoms with E-state index in [-0.39, 0.29) is 24.7 Å². The van der Waals surface area contributed by atoms with Gasteiger partial charge in [-0.1, -0.05) is 36.4 Å². The van der Waals surface area contributed by atoms with Crippen molar-refractivity contribution in [3.8, 4) is 22.4 Å². The van der Waals surface area contributed by atoms with Gasteiger partial charge < -0.3 is 25.7 Å². The molecule has 200 valence electrons. The molecule has 10 nitrogen and oxygen atoms in total. The first-order valence-electron chi connectivity index (χ1n) is 12.3. The summed E-state index contributed by atoms with van der Waals surface area (Å²) in [5.41, 5.74) is 10.8. The lowest BCUT2D eigenvalue weighted by atomic mass is 10.1. The van der Waals surface area contributed by atoms with Crippen LogP contribution >= 0.6 is 11.3 Å². The van der Waals surface area contributed by atoms with Crippen LogP contribution in [0.2, 0.25) is 0 Å². The van der Waals surface area contributed by atoms with Gasteiger partial charge in [0.25, 0.3) is 5.91 Å². The fourth-order valence-corrected chi connectivity index (χ4v) is 4.87. The molecule has 0 unspecified atom stereocenters. The maximum absolute atomic E-state index is 12.7. The Labute approximate surface area is 234 Å². The quantitative estimate of drug-likeness (QED) is 0.179. The molecule has 3 heterocycles.